The van der Waals surface area contributed by atoms with Crippen molar-refractivity contribution in [2.45, 2.75) is 54.4 Å². The zero-order valence-corrected chi connectivity index (χ0v) is 10.9. The average Bonchev–Trinajstić information content (AvgIpc) is 2.10. The van der Waals surface area contributed by atoms with Crippen LogP contribution in [0.3, 0.4) is 0 Å². The molecule has 1 rings (SSSR count). The topological polar surface area (TPSA) is 12.9 Å². The minimum Gasteiger partial charge on any atom is -0.261 e. The summed E-state index contributed by atoms with van der Waals surface area (Å²) in [5.41, 5.74) is 5.81. The van der Waals surface area contributed by atoms with Crippen LogP contribution in [0.25, 0.3) is 0 Å². The van der Waals surface area contributed by atoms with Gasteiger partial charge in [-0.25, -0.2) is 0 Å². The van der Waals surface area contributed by atoms with Crippen LogP contribution in [-0.4, -0.2) is 4.98 Å². The Bertz CT molecular complexity index is 345. The van der Waals surface area contributed by atoms with Crippen LogP contribution in [0, 0.1) is 19.3 Å². The van der Waals surface area contributed by atoms with E-state index in [1.54, 1.807) is 0 Å². The van der Waals surface area contributed by atoms with Gasteiger partial charge in [-0.2, -0.15) is 0 Å². The molecule has 0 aliphatic rings. The van der Waals surface area contributed by atoms with Gasteiger partial charge in [-0.3, -0.25) is 4.98 Å². The smallest absolute Gasteiger partial charge is 0.0404 e. The van der Waals surface area contributed by atoms with E-state index in [1.807, 2.05) is 0 Å². The number of aryl methyl sites for hydroxylation is 1. The van der Waals surface area contributed by atoms with E-state index in [4.69, 9.17) is 0 Å². The van der Waals surface area contributed by atoms with Crippen LogP contribution >= 0.6 is 0 Å². The predicted molar refractivity (Wildman–Crippen MR) is 66.2 cm³/mol. The highest BCUT2D eigenvalue weighted by atomic mass is 14.7. The Kier molecular flexibility index (Phi) is 3.54. The van der Waals surface area contributed by atoms with Crippen LogP contribution in [0.15, 0.2) is 6.20 Å². The van der Waals surface area contributed by atoms with Crippen molar-refractivity contribution >= 4 is 0 Å². The largest absolute Gasteiger partial charge is 0.261 e. The highest BCUT2D eigenvalue weighted by Gasteiger charge is 2.15. The Hall–Kier alpha value is -0.850. The lowest BCUT2D eigenvalue weighted by Crippen LogP contribution is -2.12. The molecule has 1 heteroatoms. The first kappa shape index (κ1) is 12.2. The molecule has 0 atom stereocenters. The van der Waals surface area contributed by atoms with E-state index in [9.17, 15) is 0 Å². The Balaban J connectivity index is 3.14. The number of hydrogen-bond donors (Lipinski definition) is 0. The first-order chi connectivity index (χ1) is 6.85. The quantitative estimate of drug-likeness (QED) is 0.714. The Morgan fingerprint density at radius 1 is 1.20 bits per heavy atom. The van der Waals surface area contributed by atoms with E-state index in [0.29, 0.717) is 5.41 Å². The van der Waals surface area contributed by atoms with Gasteiger partial charge in [-0.1, -0.05) is 27.7 Å². The molecule has 1 aromatic rings. The molecule has 1 heterocycles. The first-order valence-corrected chi connectivity index (χ1v) is 5.79. The van der Waals surface area contributed by atoms with Crippen molar-refractivity contribution < 1.29 is 0 Å². The van der Waals surface area contributed by atoms with Gasteiger partial charge in [-0.05, 0) is 48.8 Å². The molecule has 1 nitrogen and oxygen atoms in total. The molecule has 15 heavy (non-hydrogen) atoms. The lowest BCUT2D eigenvalue weighted by molar-refractivity contribution is 0.409. The summed E-state index contributed by atoms with van der Waals surface area (Å²) in [6, 6.07) is 0. The maximum absolute atomic E-state index is 4.47. The maximum atomic E-state index is 4.47. The van der Waals surface area contributed by atoms with Crippen LogP contribution in [-0.2, 0) is 12.8 Å². The van der Waals surface area contributed by atoms with Crippen molar-refractivity contribution in [3.05, 3.63) is 28.6 Å². The summed E-state index contributed by atoms with van der Waals surface area (Å²) in [6.45, 7) is 13.3. The van der Waals surface area contributed by atoms with Gasteiger partial charge in [0, 0.05) is 11.9 Å². The van der Waals surface area contributed by atoms with Crippen molar-refractivity contribution in [2.24, 2.45) is 5.41 Å². The van der Waals surface area contributed by atoms with E-state index in [0.717, 1.165) is 12.8 Å². The lowest BCUT2D eigenvalue weighted by Gasteiger charge is -2.21. The summed E-state index contributed by atoms with van der Waals surface area (Å²) < 4.78 is 0. The monoisotopic (exact) mass is 205 g/mol. The third-order valence-electron chi connectivity index (χ3n) is 2.87. The number of rotatable bonds is 2. The highest BCUT2D eigenvalue weighted by molar-refractivity contribution is 5.35. The molecule has 0 unspecified atom stereocenters. The first-order valence-electron chi connectivity index (χ1n) is 5.79. The molecule has 1 aromatic heterocycles. The molecule has 0 aromatic carbocycles. The normalized spacial score (nSPS) is 11.9. The fourth-order valence-electron chi connectivity index (χ4n) is 2.02. The van der Waals surface area contributed by atoms with Gasteiger partial charge in [-0.15, -0.1) is 0 Å². The number of pyridine rings is 1. The van der Waals surface area contributed by atoms with E-state index < -0.39 is 0 Å². The fourth-order valence-corrected chi connectivity index (χ4v) is 2.02. The minimum atomic E-state index is 0.341. The van der Waals surface area contributed by atoms with Gasteiger partial charge < -0.3 is 0 Å². The molecule has 0 aliphatic heterocycles. The predicted octanol–water partition coefficient (Wildman–Crippen LogP) is 3.85. The van der Waals surface area contributed by atoms with Gasteiger partial charge >= 0.3 is 0 Å². The molecule has 84 valence electrons. The van der Waals surface area contributed by atoms with E-state index >= 15 is 0 Å². The van der Waals surface area contributed by atoms with E-state index in [2.05, 4.69) is 52.7 Å². The zero-order chi connectivity index (χ0) is 11.6. The average molecular weight is 205 g/mol. The number of nitrogens with zero attached hydrogens (tertiary/aromatic N) is 1. The molecule has 0 radical (unpaired) electrons. The standard InChI is InChI=1S/C14H23N/c1-7-13-10(2)11(3)15-9-12(13)8-14(4,5)6/h9H,7-8H2,1-6H3. The van der Waals surface area contributed by atoms with Gasteiger partial charge in [0.2, 0.25) is 0 Å². The summed E-state index contributed by atoms with van der Waals surface area (Å²) in [5, 5.41) is 0. The maximum Gasteiger partial charge on any atom is 0.0404 e. The fraction of sp³-hybridized carbons (Fsp3) is 0.643. The van der Waals surface area contributed by atoms with Crippen molar-refractivity contribution in [1.29, 1.82) is 0 Å². The molecule has 0 saturated carbocycles. The van der Waals surface area contributed by atoms with Gasteiger partial charge in [0.15, 0.2) is 0 Å². The van der Waals surface area contributed by atoms with Crippen LogP contribution in [0.2, 0.25) is 0 Å². The summed E-state index contributed by atoms with van der Waals surface area (Å²) >= 11 is 0. The zero-order valence-electron chi connectivity index (χ0n) is 10.9. The molecular formula is C14H23N. The van der Waals surface area contributed by atoms with E-state index in [1.165, 1.54) is 22.4 Å². The Morgan fingerprint density at radius 3 is 2.27 bits per heavy atom. The van der Waals surface area contributed by atoms with Crippen LogP contribution < -0.4 is 0 Å². The molecule has 0 spiro atoms. The van der Waals surface area contributed by atoms with Crippen molar-refractivity contribution in [3.63, 3.8) is 0 Å². The summed E-state index contributed by atoms with van der Waals surface area (Å²) in [5.74, 6) is 0. The second-order valence-electron chi connectivity index (χ2n) is 5.56. The molecule has 0 aliphatic carbocycles. The second-order valence-corrected chi connectivity index (χ2v) is 5.56. The molecular weight excluding hydrogens is 182 g/mol. The number of hydrogen-bond acceptors (Lipinski definition) is 1. The third-order valence-corrected chi connectivity index (χ3v) is 2.87. The SMILES string of the molecule is CCc1c(CC(C)(C)C)cnc(C)c1C. The van der Waals surface area contributed by atoms with Gasteiger partial charge in [0.1, 0.15) is 0 Å². The summed E-state index contributed by atoms with van der Waals surface area (Å²) in [7, 11) is 0. The van der Waals surface area contributed by atoms with Gasteiger partial charge in [0.05, 0.1) is 0 Å². The third kappa shape index (κ3) is 3.05. The minimum absolute atomic E-state index is 0.341. The lowest BCUT2D eigenvalue weighted by atomic mass is 9.85. The Labute approximate surface area is 93.9 Å². The summed E-state index contributed by atoms with van der Waals surface area (Å²) in [4.78, 5) is 4.47. The molecule has 0 N–H and O–H groups in total. The van der Waals surface area contributed by atoms with Crippen molar-refractivity contribution in [2.75, 3.05) is 0 Å². The molecule has 0 amide bonds. The van der Waals surface area contributed by atoms with Crippen molar-refractivity contribution in [3.8, 4) is 0 Å². The van der Waals surface area contributed by atoms with Crippen LogP contribution in [0.4, 0.5) is 0 Å². The van der Waals surface area contributed by atoms with Crippen molar-refractivity contribution in [1.82, 2.24) is 4.98 Å². The van der Waals surface area contributed by atoms with Gasteiger partial charge in [0.25, 0.3) is 0 Å². The molecule has 0 saturated heterocycles. The second kappa shape index (κ2) is 4.34. The van der Waals surface area contributed by atoms with E-state index in [-0.39, 0.29) is 0 Å². The van der Waals surface area contributed by atoms with Crippen LogP contribution in [0.1, 0.15) is 50.1 Å². The highest BCUT2D eigenvalue weighted by Crippen LogP contribution is 2.25. The number of aromatic nitrogens is 1. The Morgan fingerprint density at radius 2 is 1.80 bits per heavy atom. The molecule has 0 bridgehead atoms. The molecule has 0 fully saturated rings. The summed E-state index contributed by atoms with van der Waals surface area (Å²) in [6.07, 6.45) is 4.29. The van der Waals surface area contributed by atoms with Crippen LogP contribution in [0.5, 0.6) is 0 Å².